The number of alkyl carbamates (subject to hydrolysis) is 1. The number of nitrogens with one attached hydrogen (secondary N) is 2. The third-order valence-electron chi connectivity index (χ3n) is 4.08. The number of ketones is 2. The molecule has 0 saturated carbocycles. The second-order valence-electron chi connectivity index (χ2n) is 6.21. The molecule has 1 aromatic carbocycles. The van der Waals surface area contributed by atoms with Crippen molar-refractivity contribution in [3.05, 3.63) is 51.9 Å². The quantitative estimate of drug-likeness (QED) is 0.352. The van der Waals surface area contributed by atoms with Crippen LogP contribution in [0.5, 0.6) is 0 Å². The van der Waals surface area contributed by atoms with E-state index in [0.29, 0.717) is 16.0 Å². The predicted molar refractivity (Wildman–Crippen MR) is 113 cm³/mol. The van der Waals surface area contributed by atoms with Gasteiger partial charge in [-0.3, -0.25) is 14.9 Å². The molecule has 2 N–H and O–H groups in total. The minimum Gasteiger partial charge on any atom is -0.462 e. The van der Waals surface area contributed by atoms with Crippen LogP contribution >= 0.6 is 11.3 Å². The van der Waals surface area contributed by atoms with E-state index in [1.807, 2.05) is 0 Å². The minimum atomic E-state index is -1.22. The highest BCUT2D eigenvalue weighted by Crippen LogP contribution is 2.34. The first-order chi connectivity index (χ1) is 14.3. The summed E-state index contributed by atoms with van der Waals surface area (Å²) in [6.07, 6.45) is -2.02. The van der Waals surface area contributed by atoms with Gasteiger partial charge in [0.25, 0.3) is 0 Å². The Hall–Kier alpha value is -3.20. The Morgan fingerprint density at radius 2 is 1.67 bits per heavy atom. The van der Waals surface area contributed by atoms with Gasteiger partial charge in [-0.15, -0.1) is 11.3 Å². The SMILES string of the molecule is CCOC(=O)NC(Nc1sc(C(C)=O)c(C)c1C(=O)OCC)C(=O)c1ccccc1. The number of thiophene rings is 1. The Kier molecular flexibility index (Phi) is 8.11. The van der Waals surface area contributed by atoms with E-state index >= 15 is 0 Å². The Labute approximate surface area is 178 Å². The minimum absolute atomic E-state index is 0.124. The third-order valence-corrected chi connectivity index (χ3v) is 5.40. The van der Waals surface area contributed by atoms with Crippen LogP contribution in [0.25, 0.3) is 0 Å². The molecule has 1 heterocycles. The highest BCUT2D eigenvalue weighted by atomic mass is 32.1. The van der Waals surface area contributed by atoms with E-state index in [9.17, 15) is 19.2 Å². The Bertz CT molecular complexity index is 938. The fourth-order valence-electron chi connectivity index (χ4n) is 2.76. The summed E-state index contributed by atoms with van der Waals surface area (Å²) in [7, 11) is 0. The van der Waals surface area contributed by atoms with Gasteiger partial charge >= 0.3 is 12.1 Å². The van der Waals surface area contributed by atoms with E-state index < -0.39 is 24.0 Å². The Morgan fingerprint density at radius 1 is 1.03 bits per heavy atom. The fourth-order valence-corrected chi connectivity index (χ4v) is 3.88. The lowest BCUT2D eigenvalue weighted by atomic mass is 10.1. The molecule has 0 bridgehead atoms. The molecule has 0 aliphatic rings. The topological polar surface area (TPSA) is 111 Å². The number of esters is 1. The molecule has 0 aliphatic carbocycles. The second kappa shape index (κ2) is 10.5. The van der Waals surface area contributed by atoms with Crippen molar-refractivity contribution in [3.63, 3.8) is 0 Å². The van der Waals surface area contributed by atoms with Crippen molar-refractivity contribution < 1.29 is 28.7 Å². The number of benzene rings is 1. The molecule has 30 heavy (non-hydrogen) atoms. The summed E-state index contributed by atoms with van der Waals surface area (Å²) in [6, 6.07) is 8.37. The van der Waals surface area contributed by atoms with Crippen molar-refractivity contribution in [2.24, 2.45) is 0 Å². The summed E-state index contributed by atoms with van der Waals surface area (Å²) in [4.78, 5) is 49.9. The van der Waals surface area contributed by atoms with E-state index in [1.165, 1.54) is 6.92 Å². The summed E-state index contributed by atoms with van der Waals surface area (Å²) in [5.41, 5.74) is 0.962. The van der Waals surface area contributed by atoms with Gasteiger partial charge in [0.1, 0.15) is 5.00 Å². The second-order valence-corrected chi connectivity index (χ2v) is 7.23. The summed E-state index contributed by atoms with van der Waals surface area (Å²) in [5, 5.41) is 5.62. The van der Waals surface area contributed by atoms with Crippen LogP contribution in [0.4, 0.5) is 9.80 Å². The van der Waals surface area contributed by atoms with Crippen molar-refractivity contribution in [1.82, 2.24) is 5.32 Å². The highest BCUT2D eigenvalue weighted by Gasteiger charge is 2.29. The molecule has 1 aromatic heterocycles. The number of amides is 1. The van der Waals surface area contributed by atoms with Gasteiger partial charge in [-0.05, 0) is 33.3 Å². The van der Waals surface area contributed by atoms with Crippen LogP contribution in [0.15, 0.2) is 30.3 Å². The Morgan fingerprint density at radius 3 is 2.23 bits per heavy atom. The van der Waals surface area contributed by atoms with Crippen molar-refractivity contribution in [2.75, 3.05) is 18.5 Å². The molecule has 0 aliphatic heterocycles. The lowest BCUT2D eigenvalue weighted by Gasteiger charge is -2.20. The molecular weight excluding hydrogens is 408 g/mol. The number of rotatable bonds is 9. The molecule has 0 saturated heterocycles. The van der Waals surface area contributed by atoms with Gasteiger partial charge in [0.05, 0.1) is 23.7 Å². The van der Waals surface area contributed by atoms with Gasteiger partial charge in [-0.25, -0.2) is 9.59 Å². The average molecular weight is 432 g/mol. The van der Waals surface area contributed by atoms with E-state index in [2.05, 4.69) is 10.6 Å². The van der Waals surface area contributed by atoms with E-state index in [4.69, 9.17) is 9.47 Å². The number of hydrogen-bond donors (Lipinski definition) is 2. The van der Waals surface area contributed by atoms with Crippen LogP contribution in [-0.4, -0.2) is 43.0 Å². The lowest BCUT2D eigenvalue weighted by Crippen LogP contribution is -2.46. The van der Waals surface area contributed by atoms with E-state index in [1.54, 1.807) is 51.1 Å². The molecule has 0 spiro atoms. The zero-order valence-electron chi connectivity index (χ0n) is 17.2. The summed E-state index contributed by atoms with van der Waals surface area (Å²) in [6.45, 7) is 6.61. The molecule has 0 fully saturated rings. The number of carbonyl (C=O) groups is 4. The summed E-state index contributed by atoms with van der Waals surface area (Å²) in [5.74, 6) is -1.28. The van der Waals surface area contributed by atoms with Gasteiger partial charge in [0.15, 0.2) is 11.9 Å². The van der Waals surface area contributed by atoms with Crippen LogP contribution in [0.1, 0.15) is 56.7 Å². The van der Waals surface area contributed by atoms with Gasteiger partial charge in [0, 0.05) is 5.56 Å². The first kappa shape index (κ1) is 23.1. The smallest absolute Gasteiger partial charge is 0.409 e. The average Bonchev–Trinajstić information content (AvgIpc) is 3.04. The molecule has 2 aromatic rings. The third kappa shape index (κ3) is 5.44. The van der Waals surface area contributed by atoms with Crippen molar-refractivity contribution in [1.29, 1.82) is 0 Å². The maximum Gasteiger partial charge on any atom is 0.409 e. The molecule has 1 unspecified atom stereocenters. The number of carbonyl (C=O) groups excluding carboxylic acids is 4. The van der Waals surface area contributed by atoms with Gasteiger partial charge < -0.3 is 14.8 Å². The van der Waals surface area contributed by atoms with E-state index in [-0.39, 0.29) is 29.6 Å². The van der Waals surface area contributed by atoms with Crippen LogP contribution in [0.3, 0.4) is 0 Å². The highest BCUT2D eigenvalue weighted by molar-refractivity contribution is 7.18. The summed E-state index contributed by atoms with van der Waals surface area (Å²) < 4.78 is 10.0. The van der Waals surface area contributed by atoms with Crippen LogP contribution in [-0.2, 0) is 9.47 Å². The van der Waals surface area contributed by atoms with Crippen molar-refractivity contribution >= 4 is 40.0 Å². The lowest BCUT2D eigenvalue weighted by molar-refractivity contribution is 0.0527. The van der Waals surface area contributed by atoms with E-state index in [0.717, 1.165) is 11.3 Å². The monoisotopic (exact) mass is 432 g/mol. The first-order valence-electron chi connectivity index (χ1n) is 9.40. The number of anilines is 1. The first-order valence-corrected chi connectivity index (χ1v) is 10.2. The number of Topliss-reactive ketones (excluding diaryl/α,β-unsaturated/α-hetero) is 2. The van der Waals surface area contributed by atoms with Crippen LogP contribution in [0, 0.1) is 6.92 Å². The maximum atomic E-state index is 13.0. The van der Waals surface area contributed by atoms with Crippen LogP contribution in [0.2, 0.25) is 0 Å². The van der Waals surface area contributed by atoms with Gasteiger partial charge in [0.2, 0.25) is 5.78 Å². The summed E-state index contributed by atoms with van der Waals surface area (Å²) >= 11 is 1.02. The molecular formula is C21H24N2O6S. The molecule has 1 atom stereocenters. The molecule has 2 rings (SSSR count). The zero-order valence-corrected chi connectivity index (χ0v) is 18.1. The number of hydrogen-bond acceptors (Lipinski definition) is 8. The number of ether oxygens (including phenoxy) is 2. The Balaban J connectivity index is 2.46. The molecule has 9 heteroatoms. The molecule has 160 valence electrons. The van der Waals surface area contributed by atoms with Gasteiger partial charge in [-0.2, -0.15) is 0 Å². The standard InChI is InChI=1S/C21H24N2O6S/c1-5-28-20(26)15-12(3)17(13(4)24)30-19(15)22-18(23-21(27)29-6-2)16(25)14-10-8-7-9-11-14/h7-11,18,22H,5-6H2,1-4H3,(H,23,27). The van der Waals surface area contributed by atoms with Crippen LogP contribution < -0.4 is 10.6 Å². The van der Waals surface area contributed by atoms with Crippen molar-refractivity contribution in [2.45, 2.75) is 33.9 Å². The fraction of sp³-hybridized carbons (Fsp3) is 0.333. The molecule has 1 amide bonds. The molecule has 0 radical (unpaired) electrons. The molecule has 8 nitrogen and oxygen atoms in total. The normalized spacial score (nSPS) is 11.3. The largest absolute Gasteiger partial charge is 0.462 e. The van der Waals surface area contributed by atoms with Crippen molar-refractivity contribution in [3.8, 4) is 0 Å². The predicted octanol–water partition coefficient (Wildman–Crippen LogP) is 3.80. The van der Waals surface area contributed by atoms with Gasteiger partial charge in [-0.1, -0.05) is 30.3 Å². The zero-order chi connectivity index (χ0) is 22.3. The maximum absolute atomic E-state index is 13.0.